The Morgan fingerprint density at radius 3 is 1.10 bits per heavy atom. The predicted octanol–water partition coefficient (Wildman–Crippen LogP) is 15.1. The van der Waals surface area contributed by atoms with E-state index in [-0.39, 0.29) is 10.8 Å². The number of hydrogen-bond acceptors (Lipinski definition) is 3. The Bertz CT molecular complexity index is 3320. The van der Waals surface area contributed by atoms with E-state index in [0.29, 0.717) is 17.5 Å². The Morgan fingerprint density at radius 2 is 0.565 bits per heavy atom. The van der Waals surface area contributed by atoms with Crippen LogP contribution in [-0.2, 0) is 10.8 Å². The second-order valence-corrected chi connectivity index (χ2v) is 17.7. The number of nitrogens with zero attached hydrogens (tertiary/aromatic N) is 3. The van der Waals surface area contributed by atoms with Gasteiger partial charge in [-0.05, 0) is 101 Å². The molecule has 3 heteroatoms. The molecule has 3 nitrogen and oxygen atoms in total. The lowest BCUT2D eigenvalue weighted by atomic mass is 9.59. The van der Waals surface area contributed by atoms with Crippen molar-refractivity contribution in [2.24, 2.45) is 0 Å². The van der Waals surface area contributed by atoms with E-state index >= 15 is 0 Å². The molecular formula is C59H45N3. The van der Waals surface area contributed by atoms with Gasteiger partial charge < -0.3 is 0 Å². The molecule has 0 aliphatic heterocycles. The smallest absolute Gasteiger partial charge is 0.164 e. The highest BCUT2D eigenvalue weighted by Crippen LogP contribution is 2.51. The number of hydrogen-bond donors (Lipinski definition) is 0. The van der Waals surface area contributed by atoms with E-state index in [0.717, 1.165) is 27.8 Å². The molecule has 0 radical (unpaired) electrons. The summed E-state index contributed by atoms with van der Waals surface area (Å²) in [7, 11) is 0. The van der Waals surface area contributed by atoms with Gasteiger partial charge in [0.15, 0.2) is 17.5 Å². The van der Waals surface area contributed by atoms with Gasteiger partial charge in [-0.15, -0.1) is 0 Å². The van der Waals surface area contributed by atoms with Crippen LogP contribution in [0.15, 0.2) is 200 Å². The summed E-state index contributed by atoms with van der Waals surface area (Å²) in [5.41, 5.74) is 14.8. The minimum Gasteiger partial charge on any atom is -0.208 e. The average molecular weight is 796 g/mol. The van der Waals surface area contributed by atoms with E-state index < -0.39 is 0 Å². The third-order valence-electron chi connectivity index (χ3n) is 13.2. The van der Waals surface area contributed by atoms with Gasteiger partial charge >= 0.3 is 0 Å². The van der Waals surface area contributed by atoms with Crippen molar-refractivity contribution in [2.45, 2.75) is 38.5 Å². The highest BCUT2D eigenvalue weighted by molar-refractivity contribution is 5.89. The molecule has 0 bridgehead atoms. The molecule has 0 fully saturated rings. The van der Waals surface area contributed by atoms with Crippen molar-refractivity contribution in [3.8, 4) is 67.5 Å². The van der Waals surface area contributed by atoms with Crippen molar-refractivity contribution < 1.29 is 0 Å². The fraction of sp³-hybridized carbons (Fsp3) is 0.102. The number of fused-ring (bicyclic) bond motifs is 4. The van der Waals surface area contributed by atoms with Crippen LogP contribution in [-0.4, -0.2) is 15.0 Å². The Hall–Kier alpha value is -7.49. The summed E-state index contributed by atoms with van der Waals surface area (Å²) in [5.74, 6) is 1.94. The fourth-order valence-electron chi connectivity index (χ4n) is 9.58. The summed E-state index contributed by atoms with van der Waals surface area (Å²) in [6, 6.07) is 72.1. The maximum atomic E-state index is 5.24. The standard InChI is InChI=1S/C59H45N3/c1-58(2)51-32-30-49(48-29-23-40-15-9-11-17-46(40)35-48)36-53(51)59(3,4)54-37-50(31-33-52(54)58)57-61-55(43-24-18-41(19-25-43)38-12-6-5-7-13-38)60-56(62-57)44-26-20-42(21-27-44)47-28-22-39-14-8-10-16-45(39)34-47/h5-37H,1-4H3. The van der Waals surface area contributed by atoms with Crippen molar-refractivity contribution in [3.63, 3.8) is 0 Å². The molecule has 10 aromatic rings. The molecule has 1 aromatic heterocycles. The monoisotopic (exact) mass is 795 g/mol. The van der Waals surface area contributed by atoms with Gasteiger partial charge in [-0.1, -0.05) is 204 Å². The SMILES string of the molecule is CC1(C)c2ccc(-c3ccc4ccccc4c3)cc2C(C)(C)c2cc(-c3nc(-c4ccc(-c5ccccc5)cc4)nc(-c4ccc(-c5ccc6ccccc6c5)cc4)n3)ccc21. The molecule has 0 unspecified atom stereocenters. The van der Waals surface area contributed by atoms with E-state index in [9.17, 15) is 0 Å². The van der Waals surface area contributed by atoms with Crippen molar-refractivity contribution >= 4 is 21.5 Å². The number of rotatable bonds is 6. The van der Waals surface area contributed by atoms with E-state index in [4.69, 9.17) is 15.0 Å². The maximum absolute atomic E-state index is 5.24. The lowest BCUT2D eigenvalue weighted by Gasteiger charge is -2.44. The molecule has 296 valence electrons. The lowest BCUT2D eigenvalue weighted by Crippen LogP contribution is -2.36. The van der Waals surface area contributed by atoms with Gasteiger partial charge in [0.2, 0.25) is 0 Å². The Labute approximate surface area is 363 Å². The minimum absolute atomic E-state index is 0.205. The van der Waals surface area contributed by atoms with Crippen LogP contribution < -0.4 is 0 Å². The second kappa shape index (κ2) is 14.6. The van der Waals surface area contributed by atoms with Crippen molar-refractivity contribution in [1.82, 2.24) is 15.0 Å². The van der Waals surface area contributed by atoms with Gasteiger partial charge in [-0.2, -0.15) is 0 Å². The molecule has 62 heavy (non-hydrogen) atoms. The van der Waals surface area contributed by atoms with Crippen LogP contribution in [0.3, 0.4) is 0 Å². The summed E-state index contributed by atoms with van der Waals surface area (Å²) in [6.07, 6.45) is 0. The Balaban J connectivity index is 1.01. The highest BCUT2D eigenvalue weighted by Gasteiger charge is 2.42. The number of benzene rings is 9. The average Bonchev–Trinajstić information content (AvgIpc) is 3.33. The second-order valence-electron chi connectivity index (χ2n) is 17.7. The molecule has 0 saturated heterocycles. The molecule has 9 aromatic carbocycles. The minimum atomic E-state index is -0.284. The van der Waals surface area contributed by atoms with Crippen LogP contribution in [0.1, 0.15) is 49.9 Å². The summed E-state index contributed by atoms with van der Waals surface area (Å²) < 4.78 is 0. The molecule has 1 aliphatic carbocycles. The molecule has 0 saturated carbocycles. The van der Waals surface area contributed by atoms with Crippen LogP contribution in [0.4, 0.5) is 0 Å². The quantitative estimate of drug-likeness (QED) is 0.168. The lowest BCUT2D eigenvalue weighted by molar-refractivity contribution is 0.521. The first-order valence-electron chi connectivity index (χ1n) is 21.5. The van der Waals surface area contributed by atoms with E-state index in [1.807, 2.05) is 6.07 Å². The molecule has 1 heterocycles. The zero-order chi connectivity index (χ0) is 42.0. The molecule has 0 atom stereocenters. The normalized spacial score (nSPS) is 13.7. The highest BCUT2D eigenvalue weighted by atomic mass is 15.0. The van der Waals surface area contributed by atoms with E-state index in [2.05, 4.69) is 222 Å². The van der Waals surface area contributed by atoms with Gasteiger partial charge in [0.1, 0.15) is 0 Å². The van der Waals surface area contributed by atoms with Crippen molar-refractivity contribution in [1.29, 1.82) is 0 Å². The molecular weight excluding hydrogens is 751 g/mol. The zero-order valence-corrected chi connectivity index (χ0v) is 35.4. The van der Waals surface area contributed by atoms with Gasteiger partial charge in [-0.3, -0.25) is 0 Å². The van der Waals surface area contributed by atoms with Crippen LogP contribution in [0.5, 0.6) is 0 Å². The molecule has 1 aliphatic rings. The van der Waals surface area contributed by atoms with Crippen molar-refractivity contribution in [3.05, 3.63) is 222 Å². The summed E-state index contributed by atoms with van der Waals surface area (Å²) >= 11 is 0. The van der Waals surface area contributed by atoms with Crippen molar-refractivity contribution in [2.75, 3.05) is 0 Å². The summed E-state index contributed by atoms with van der Waals surface area (Å²) in [6.45, 7) is 9.44. The first-order valence-corrected chi connectivity index (χ1v) is 21.5. The Morgan fingerprint density at radius 1 is 0.242 bits per heavy atom. The third-order valence-corrected chi connectivity index (χ3v) is 13.2. The topological polar surface area (TPSA) is 38.7 Å². The number of aromatic nitrogens is 3. The van der Waals surface area contributed by atoms with E-state index in [1.165, 1.54) is 66.1 Å². The van der Waals surface area contributed by atoms with Gasteiger partial charge in [0.05, 0.1) is 0 Å². The summed E-state index contributed by atoms with van der Waals surface area (Å²) in [4.78, 5) is 15.6. The fourth-order valence-corrected chi connectivity index (χ4v) is 9.58. The Kier molecular flexibility index (Phi) is 8.83. The van der Waals surface area contributed by atoms with Crippen LogP contribution >= 0.6 is 0 Å². The summed E-state index contributed by atoms with van der Waals surface area (Å²) in [5, 5.41) is 4.97. The first-order chi connectivity index (χ1) is 30.2. The van der Waals surface area contributed by atoms with Crippen LogP contribution in [0.25, 0.3) is 89.1 Å². The predicted molar refractivity (Wildman–Crippen MR) is 258 cm³/mol. The third kappa shape index (κ3) is 6.49. The maximum Gasteiger partial charge on any atom is 0.164 e. The molecule has 11 rings (SSSR count). The largest absolute Gasteiger partial charge is 0.208 e. The first kappa shape index (κ1) is 37.5. The zero-order valence-electron chi connectivity index (χ0n) is 35.4. The van der Waals surface area contributed by atoms with Crippen LogP contribution in [0.2, 0.25) is 0 Å². The van der Waals surface area contributed by atoms with Gasteiger partial charge in [-0.25, -0.2) is 15.0 Å². The molecule has 0 amide bonds. The van der Waals surface area contributed by atoms with Gasteiger partial charge in [0.25, 0.3) is 0 Å². The molecule has 0 spiro atoms. The van der Waals surface area contributed by atoms with Gasteiger partial charge in [0, 0.05) is 27.5 Å². The molecule has 0 N–H and O–H groups in total. The van der Waals surface area contributed by atoms with E-state index in [1.54, 1.807) is 0 Å². The van der Waals surface area contributed by atoms with Crippen LogP contribution in [0, 0.1) is 0 Å².